The van der Waals surface area contributed by atoms with Crippen molar-refractivity contribution in [2.24, 2.45) is 0 Å². The lowest BCUT2D eigenvalue weighted by atomic mass is 9.95. The van der Waals surface area contributed by atoms with Gasteiger partial charge in [0.15, 0.2) is 5.82 Å². The molecular formula is C33H34F6N8O2. The van der Waals surface area contributed by atoms with Gasteiger partial charge in [-0.1, -0.05) is 6.07 Å². The quantitative estimate of drug-likeness (QED) is 0.180. The summed E-state index contributed by atoms with van der Waals surface area (Å²) < 4.78 is 102. The van der Waals surface area contributed by atoms with E-state index >= 15 is 4.39 Å². The van der Waals surface area contributed by atoms with Gasteiger partial charge in [-0.25, -0.2) is 23.1 Å². The number of anilines is 3. The molecule has 2 saturated heterocycles. The van der Waals surface area contributed by atoms with Gasteiger partial charge in [0, 0.05) is 30.3 Å². The summed E-state index contributed by atoms with van der Waals surface area (Å²) in [6, 6.07) is 3.41. The summed E-state index contributed by atoms with van der Waals surface area (Å²) in [5.41, 5.74) is 7.15. The number of benzene rings is 1. The van der Waals surface area contributed by atoms with Crippen LogP contribution in [0.3, 0.4) is 0 Å². The number of rotatable bonds is 6. The van der Waals surface area contributed by atoms with Crippen molar-refractivity contribution in [3.8, 4) is 23.1 Å². The maximum Gasteiger partial charge on any atom is 0.417 e. The van der Waals surface area contributed by atoms with E-state index in [-0.39, 0.29) is 55.0 Å². The number of alkyl halides is 4. The molecule has 10 nitrogen and oxygen atoms in total. The minimum atomic E-state index is -5.09. The Morgan fingerprint density at radius 3 is 2.65 bits per heavy atom. The molecule has 7 rings (SSSR count). The van der Waals surface area contributed by atoms with Crippen molar-refractivity contribution >= 4 is 28.2 Å². The van der Waals surface area contributed by atoms with E-state index in [4.69, 9.17) is 25.9 Å². The molecule has 0 amide bonds. The molecule has 0 spiro atoms. The number of hydrogen-bond acceptors (Lipinski definition) is 10. The summed E-state index contributed by atoms with van der Waals surface area (Å²) >= 11 is 0. The number of hydrogen-bond donors (Lipinski definition) is 2. The molecule has 4 atom stereocenters. The van der Waals surface area contributed by atoms with E-state index in [1.165, 1.54) is 0 Å². The molecule has 0 aliphatic carbocycles. The molecule has 4 N–H and O–H groups in total. The number of nitrogen functional groups attached to an aromatic ring is 2. The minimum Gasteiger partial charge on any atom is -0.472 e. The molecule has 0 saturated carbocycles. The SMILES string of the molecule is Cc1c(F)c(N)cc(-c2nc3c4c(nc(OC[C@@]56CCCN5C[C@H](F)C6)nc4c2F)N([C@@H](C)c2cccnc2N)C[C@@H](C)O3)c1C(F)(F)F. The van der Waals surface area contributed by atoms with E-state index in [9.17, 15) is 22.0 Å². The highest BCUT2D eigenvalue weighted by Crippen LogP contribution is 2.47. The molecule has 260 valence electrons. The molecule has 3 aromatic heterocycles. The Bertz CT molecular complexity index is 1960. The van der Waals surface area contributed by atoms with E-state index in [0.29, 0.717) is 24.6 Å². The Hall–Kier alpha value is -4.60. The van der Waals surface area contributed by atoms with Crippen molar-refractivity contribution in [3.05, 3.63) is 52.7 Å². The first-order chi connectivity index (χ1) is 23.2. The molecule has 0 bridgehead atoms. The van der Waals surface area contributed by atoms with Crippen molar-refractivity contribution in [1.29, 1.82) is 0 Å². The predicted molar refractivity (Wildman–Crippen MR) is 170 cm³/mol. The Morgan fingerprint density at radius 1 is 1.14 bits per heavy atom. The molecule has 2 fully saturated rings. The van der Waals surface area contributed by atoms with Crippen LogP contribution in [0, 0.1) is 18.6 Å². The average molecular weight is 689 g/mol. The molecule has 3 aliphatic heterocycles. The molecular weight excluding hydrogens is 654 g/mol. The standard InChI is InChI=1S/C33H34F6N8O2/c1-15-12-47(17(3)19-6-4-8-42-28(19)41)29-22-27(44-31(45-29)48-14-32-7-5-9-46(32)13-18(34)11-32)25(36)26(43-30(22)49-15)20-10-21(40)24(35)16(2)23(20)33(37,38)39/h4,6,8,10,15,17-18H,5,7,9,11-14,40H2,1-3H3,(H2,41,42)/t15-,17+,18-,32+/m1/s1. The fourth-order valence-corrected chi connectivity index (χ4v) is 7.54. The van der Waals surface area contributed by atoms with Gasteiger partial charge in [-0.2, -0.15) is 23.1 Å². The van der Waals surface area contributed by atoms with Crippen LogP contribution in [0.2, 0.25) is 0 Å². The fourth-order valence-electron chi connectivity index (χ4n) is 7.54. The second-order valence-corrected chi connectivity index (χ2v) is 13.1. The number of aromatic nitrogens is 4. The van der Waals surface area contributed by atoms with E-state index in [0.717, 1.165) is 13.3 Å². The van der Waals surface area contributed by atoms with E-state index < -0.39 is 75.3 Å². The number of nitrogens with zero attached hydrogens (tertiary/aromatic N) is 6. The van der Waals surface area contributed by atoms with Gasteiger partial charge in [0.1, 0.15) is 52.9 Å². The van der Waals surface area contributed by atoms with Gasteiger partial charge in [0.2, 0.25) is 5.88 Å². The Kier molecular flexibility index (Phi) is 7.91. The van der Waals surface area contributed by atoms with Crippen molar-refractivity contribution < 1.29 is 35.8 Å². The van der Waals surface area contributed by atoms with Gasteiger partial charge < -0.3 is 25.8 Å². The van der Waals surface area contributed by atoms with Crippen LogP contribution in [0.4, 0.5) is 43.7 Å². The fraction of sp³-hybridized carbons (Fsp3) is 0.455. The van der Waals surface area contributed by atoms with Crippen LogP contribution in [0.25, 0.3) is 22.2 Å². The first kappa shape index (κ1) is 32.9. The smallest absolute Gasteiger partial charge is 0.417 e. The van der Waals surface area contributed by atoms with Gasteiger partial charge >= 0.3 is 12.2 Å². The molecule has 0 radical (unpaired) electrons. The zero-order valence-corrected chi connectivity index (χ0v) is 26.9. The minimum absolute atomic E-state index is 0.00864. The van der Waals surface area contributed by atoms with Gasteiger partial charge in [0.25, 0.3) is 0 Å². The second-order valence-electron chi connectivity index (χ2n) is 13.1. The summed E-state index contributed by atoms with van der Waals surface area (Å²) in [6.07, 6.45) is -3.46. The topological polar surface area (TPSA) is 129 Å². The third-order valence-electron chi connectivity index (χ3n) is 9.84. The van der Waals surface area contributed by atoms with E-state index in [1.807, 2.05) is 11.8 Å². The number of nitrogens with two attached hydrogens (primary N) is 2. The monoisotopic (exact) mass is 688 g/mol. The van der Waals surface area contributed by atoms with Crippen molar-refractivity contribution in [2.45, 2.75) is 70.1 Å². The van der Waals surface area contributed by atoms with Crippen LogP contribution in [0.1, 0.15) is 55.8 Å². The number of pyridine rings is 2. The van der Waals surface area contributed by atoms with Crippen LogP contribution in [0.15, 0.2) is 24.4 Å². The summed E-state index contributed by atoms with van der Waals surface area (Å²) in [6.45, 7) is 5.61. The Labute approximate surface area is 277 Å². The summed E-state index contributed by atoms with van der Waals surface area (Å²) in [7, 11) is 0. The highest BCUT2D eigenvalue weighted by molar-refractivity contribution is 5.97. The number of halogens is 6. The molecule has 49 heavy (non-hydrogen) atoms. The van der Waals surface area contributed by atoms with Gasteiger partial charge in [-0.15, -0.1) is 0 Å². The van der Waals surface area contributed by atoms with Gasteiger partial charge in [-0.05, 0) is 57.9 Å². The van der Waals surface area contributed by atoms with Crippen LogP contribution in [-0.4, -0.2) is 68.9 Å². The lowest BCUT2D eigenvalue weighted by Gasteiger charge is -2.32. The first-order valence-corrected chi connectivity index (χ1v) is 15.9. The Morgan fingerprint density at radius 2 is 1.92 bits per heavy atom. The molecule has 1 aromatic carbocycles. The summed E-state index contributed by atoms with van der Waals surface area (Å²) in [4.78, 5) is 21.3. The zero-order valence-electron chi connectivity index (χ0n) is 26.9. The average Bonchev–Trinajstić information content (AvgIpc) is 3.52. The predicted octanol–water partition coefficient (Wildman–Crippen LogP) is 6.16. The molecule has 3 aliphatic rings. The number of ether oxygens (including phenoxy) is 2. The third-order valence-corrected chi connectivity index (χ3v) is 9.84. The highest BCUT2D eigenvalue weighted by atomic mass is 19.4. The molecule has 16 heteroatoms. The first-order valence-electron chi connectivity index (χ1n) is 15.9. The van der Waals surface area contributed by atoms with Gasteiger partial charge in [0.05, 0.1) is 29.4 Å². The van der Waals surface area contributed by atoms with Crippen LogP contribution in [0.5, 0.6) is 11.9 Å². The second kappa shape index (κ2) is 11.8. The summed E-state index contributed by atoms with van der Waals surface area (Å²) in [5, 5.41) is -0.0158. The lowest BCUT2D eigenvalue weighted by molar-refractivity contribution is -0.137. The van der Waals surface area contributed by atoms with Crippen LogP contribution >= 0.6 is 0 Å². The highest BCUT2D eigenvalue weighted by Gasteiger charge is 2.49. The maximum absolute atomic E-state index is 16.9. The number of fused-ring (bicyclic) bond motifs is 1. The van der Waals surface area contributed by atoms with Crippen molar-refractivity contribution in [3.63, 3.8) is 0 Å². The molecule has 6 heterocycles. The van der Waals surface area contributed by atoms with Crippen molar-refractivity contribution in [1.82, 2.24) is 24.8 Å². The van der Waals surface area contributed by atoms with E-state index in [2.05, 4.69) is 15.0 Å². The van der Waals surface area contributed by atoms with Crippen LogP contribution in [-0.2, 0) is 6.18 Å². The van der Waals surface area contributed by atoms with E-state index in [1.54, 1.807) is 30.2 Å². The maximum atomic E-state index is 16.9. The third kappa shape index (κ3) is 5.49. The summed E-state index contributed by atoms with van der Waals surface area (Å²) in [5.74, 6) is -2.38. The lowest BCUT2D eigenvalue weighted by Crippen LogP contribution is -2.43. The molecule has 0 unspecified atom stereocenters. The largest absolute Gasteiger partial charge is 0.472 e. The zero-order chi connectivity index (χ0) is 35.0. The molecule has 4 aromatic rings. The van der Waals surface area contributed by atoms with Gasteiger partial charge in [-0.3, -0.25) is 4.90 Å². The van der Waals surface area contributed by atoms with Crippen LogP contribution < -0.4 is 25.8 Å². The van der Waals surface area contributed by atoms with Crippen molar-refractivity contribution in [2.75, 3.05) is 42.6 Å². The normalized spacial score (nSPS) is 23.0. The Balaban J connectivity index is 1.45.